The van der Waals surface area contributed by atoms with Gasteiger partial charge in [0.2, 0.25) is 0 Å². The molecule has 15 heavy (non-hydrogen) atoms. The van der Waals surface area contributed by atoms with Gasteiger partial charge in [-0.2, -0.15) is 0 Å². The van der Waals surface area contributed by atoms with Crippen LogP contribution in [0.4, 0.5) is 0 Å². The second-order valence-corrected chi connectivity index (χ2v) is 4.58. The molecule has 1 fully saturated rings. The summed E-state index contributed by atoms with van der Waals surface area (Å²) in [5.74, 6) is 0.960. The molecule has 1 atom stereocenters. The van der Waals surface area contributed by atoms with E-state index in [0.29, 0.717) is 17.4 Å². The van der Waals surface area contributed by atoms with Gasteiger partial charge in [0.1, 0.15) is 12.4 Å². The van der Waals surface area contributed by atoms with Crippen molar-refractivity contribution in [1.29, 1.82) is 0 Å². The Morgan fingerprint density at radius 1 is 1.47 bits per heavy atom. The summed E-state index contributed by atoms with van der Waals surface area (Å²) in [5.41, 5.74) is -0.187. The first kappa shape index (κ1) is 10.6. The van der Waals surface area contributed by atoms with Gasteiger partial charge >= 0.3 is 5.97 Å². The van der Waals surface area contributed by atoms with E-state index in [0.717, 1.165) is 5.75 Å². The van der Waals surface area contributed by atoms with Crippen molar-refractivity contribution in [2.45, 2.75) is 5.44 Å². The van der Waals surface area contributed by atoms with Gasteiger partial charge in [-0.3, -0.25) is 4.79 Å². The van der Waals surface area contributed by atoms with Crippen molar-refractivity contribution in [3.8, 4) is 5.75 Å². The van der Waals surface area contributed by atoms with Gasteiger partial charge in [0.15, 0.2) is 5.44 Å². The second kappa shape index (κ2) is 4.77. The third-order valence-corrected chi connectivity index (χ3v) is 3.11. The SMILES string of the molecule is O=C1CS[C@H](COc2ccc(Cl)cc2)O1. The van der Waals surface area contributed by atoms with Crippen LogP contribution in [0.3, 0.4) is 0 Å². The van der Waals surface area contributed by atoms with Gasteiger partial charge in [-0.05, 0) is 24.3 Å². The smallest absolute Gasteiger partial charge is 0.317 e. The molecule has 1 aliphatic rings. The molecule has 0 aliphatic carbocycles. The number of thioether (sulfide) groups is 1. The highest BCUT2D eigenvalue weighted by atomic mass is 35.5. The number of halogens is 1. The Morgan fingerprint density at radius 3 is 2.80 bits per heavy atom. The number of ether oxygens (including phenoxy) is 2. The number of hydrogen-bond donors (Lipinski definition) is 0. The topological polar surface area (TPSA) is 35.5 Å². The molecule has 0 aromatic heterocycles. The van der Waals surface area contributed by atoms with Gasteiger partial charge in [0, 0.05) is 5.02 Å². The quantitative estimate of drug-likeness (QED) is 0.765. The lowest BCUT2D eigenvalue weighted by atomic mass is 10.3. The zero-order valence-corrected chi connectivity index (χ0v) is 9.38. The molecule has 0 amide bonds. The Balaban J connectivity index is 1.83. The van der Waals surface area contributed by atoms with E-state index < -0.39 is 0 Å². The molecule has 1 aromatic carbocycles. The summed E-state index contributed by atoms with van der Waals surface area (Å²) >= 11 is 7.18. The number of hydrogen-bond acceptors (Lipinski definition) is 4. The summed E-state index contributed by atoms with van der Waals surface area (Å²) in [7, 11) is 0. The summed E-state index contributed by atoms with van der Waals surface area (Å²) in [6, 6.07) is 7.07. The number of carbonyl (C=O) groups excluding carboxylic acids is 1. The van der Waals surface area contributed by atoms with E-state index in [1.807, 2.05) is 0 Å². The number of carbonyl (C=O) groups is 1. The van der Waals surface area contributed by atoms with E-state index in [9.17, 15) is 4.79 Å². The van der Waals surface area contributed by atoms with E-state index in [4.69, 9.17) is 21.1 Å². The highest BCUT2D eigenvalue weighted by molar-refractivity contribution is 8.00. The first-order valence-corrected chi connectivity index (χ1v) is 5.86. The maximum Gasteiger partial charge on any atom is 0.317 e. The third kappa shape index (κ3) is 3.04. The standard InChI is InChI=1S/C10H9ClO3S/c11-7-1-3-8(4-2-7)13-5-10-14-9(12)6-15-10/h1-4,10H,5-6H2/t10-/m1/s1. The lowest BCUT2D eigenvalue weighted by Crippen LogP contribution is -2.14. The van der Waals surface area contributed by atoms with E-state index in [2.05, 4.69) is 0 Å². The van der Waals surface area contributed by atoms with Crippen molar-refractivity contribution in [2.75, 3.05) is 12.4 Å². The van der Waals surface area contributed by atoms with Gasteiger partial charge in [0.25, 0.3) is 0 Å². The van der Waals surface area contributed by atoms with Crippen LogP contribution in [0.1, 0.15) is 0 Å². The van der Waals surface area contributed by atoms with Crippen LogP contribution >= 0.6 is 23.4 Å². The van der Waals surface area contributed by atoms with Gasteiger partial charge in [-0.15, -0.1) is 11.8 Å². The van der Waals surface area contributed by atoms with Crippen molar-refractivity contribution < 1.29 is 14.3 Å². The summed E-state index contributed by atoms with van der Waals surface area (Å²) in [6.07, 6.45) is 0. The Hall–Kier alpha value is -0.870. The van der Waals surface area contributed by atoms with Crippen LogP contribution in [-0.4, -0.2) is 23.8 Å². The van der Waals surface area contributed by atoms with Gasteiger partial charge in [-0.1, -0.05) is 11.6 Å². The van der Waals surface area contributed by atoms with Crippen LogP contribution in [0, 0.1) is 0 Å². The predicted molar refractivity (Wildman–Crippen MR) is 59.3 cm³/mol. The van der Waals surface area contributed by atoms with Crippen molar-refractivity contribution in [3.05, 3.63) is 29.3 Å². The number of esters is 1. The zero-order valence-electron chi connectivity index (χ0n) is 7.81. The predicted octanol–water partition coefficient (Wildman–Crippen LogP) is 2.33. The number of rotatable bonds is 3. The Kier molecular flexibility index (Phi) is 3.38. The van der Waals surface area contributed by atoms with Crippen LogP contribution < -0.4 is 4.74 Å². The fraction of sp³-hybridized carbons (Fsp3) is 0.300. The molecule has 1 saturated heterocycles. The highest BCUT2D eigenvalue weighted by Crippen LogP contribution is 2.22. The Morgan fingerprint density at radius 2 is 2.20 bits per heavy atom. The Labute approximate surface area is 96.7 Å². The van der Waals surface area contributed by atoms with Crippen molar-refractivity contribution >= 4 is 29.3 Å². The van der Waals surface area contributed by atoms with E-state index >= 15 is 0 Å². The molecule has 3 nitrogen and oxygen atoms in total. The highest BCUT2D eigenvalue weighted by Gasteiger charge is 2.24. The normalized spacial score (nSPS) is 20.1. The summed E-state index contributed by atoms with van der Waals surface area (Å²) in [6.45, 7) is 0.373. The van der Waals surface area contributed by atoms with E-state index in [1.165, 1.54) is 11.8 Å². The fourth-order valence-electron chi connectivity index (χ4n) is 1.15. The van der Waals surface area contributed by atoms with Crippen LogP contribution in [-0.2, 0) is 9.53 Å². The molecular weight excluding hydrogens is 236 g/mol. The molecule has 5 heteroatoms. The summed E-state index contributed by atoms with van der Waals surface area (Å²) < 4.78 is 10.4. The fourth-order valence-corrected chi connectivity index (χ4v) is 2.01. The van der Waals surface area contributed by atoms with Crippen LogP contribution in [0.2, 0.25) is 5.02 Å². The minimum absolute atomic E-state index is 0.176. The maximum absolute atomic E-state index is 10.8. The molecule has 0 spiro atoms. The van der Waals surface area contributed by atoms with Crippen LogP contribution in [0.5, 0.6) is 5.75 Å². The van der Waals surface area contributed by atoms with Crippen LogP contribution in [0.25, 0.3) is 0 Å². The summed E-state index contributed by atoms with van der Waals surface area (Å²) in [4.78, 5) is 10.8. The molecule has 80 valence electrons. The lowest BCUT2D eigenvalue weighted by Gasteiger charge is -2.10. The number of benzene rings is 1. The average Bonchev–Trinajstić information content (AvgIpc) is 2.64. The molecule has 0 N–H and O–H groups in total. The first-order valence-electron chi connectivity index (χ1n) is 4.43. The largest absolute Gasteiger partial charge is 0.489 e. The average molecular weight is 245 g/mol. The third-order valence-electron chi connectivity index (χ3n) is 1.85. The molecule has 1 aliphatic heterocycles. The first-order chi connectivity index (χ1) is 7.24. The zero-order chi connectivity index (χ0) is 10.7. The Bertz CT molecular complexity index is 352. The van der Waals surface area contributed by atoms with Gasteiger partial charge in [-0.25, -0.2) is 0 Å². The van der Waals surface area contributed by atoms with Gasteiger partial charge in [0.05, 0.1) is 5.75 Å². The minimum atomic E-state index is -0.187. The summed E-state index contributed by atoms with van der Waals surface area (Å²) in [5, 5.41) is 0.670. The van der Waals surface area contributed by atoms with E-state index in [-0.39, 0.29) is 11.4 Å². The molecular formula is C10H9ClO3S. The van der Waals surface area contributed by atoms with E-state index in [1.54, 1.807) is 24.3 Å². The monoisotopic (exact) mass is 244 g/mol. The molecule has 0 bridgehead atoms. The van der Waals surface area contributed by atoms with Gasteiger partial charge < -0.3 is 9.47 Å². The minimum Gasteiger partial charge on any atom is -0.489 e. The second-order valence-electron chi connectivity index (χ2n) is 3.00. The maximum atomic E-state index is 10.8. The molecule has 1 heterocycles. The molecule has 2 rings (SSSR count). The van der Waals surface area contributed by atoms with Crippen molar-refractivity contribution in [1.82, 2.24) is 0 Å². The van der Waals surface area contributed by atoms with Crippen molar-refractivity contribution in [2.24, 2.45) is 0 Å². The van der Waals surface area contributed by atoms with Crippen LogP contribution in [0.15, 0.2) is 24.3 Å². The lowest BCUT2D eigenvalue weighted by molar-refractivity contribution is -0.140. The molecule has 1 aromatic rings. The molecule has 0 saturated carbocycles. The van der Waals surface area contributed by atoms with Crippen molar-refractivity contribution in [3.63, 3.8) is 0 Å². The molecule has 0 radical (unpaired) electrons. The molecule has 0 unspecified atom stereocenters. The number of cyclic esters (lactones) is 1.